The molecule has 0 heterocycles. The lowest BCUT2D eigenvalue weighted by molar-refractivity contribution is -0.105. The first-order valence-electron chi connectivity index (χ1n) is 8.94. The summed E-state index contributed by atoms with van der Waals surface area (Å²) in [5, 5.41) is 0. The minimum Gasteiger partial charge on any atom is -0.298 e. The minimum absolute atomic E-state index is 0.464. The van der Waals surface area contributed by atoms with Gasteiger partial charge in [-0.2, -0.15) is 0 Å². The van der Waals surface area contributed by atoms with Crippen molar-refractivity contribution in [2.45, 2.75) is 64.7 Å². The Morgan fingerprint density at radius 2 is 1.73 bits per heavy atom. The molecule has 1 aromatic rings. The van der Waals surface area contributed by atoms with Gasteiger partial charge in [-0.1, -0.05) is 50.6 Å². The van der Waals surface area contributed by atoms with E-state index in [2.05, 4.69) is 37.8 Å². The van der Waals surface area contributed by atoms with Crippen LogP contribution in [-0.2, 0) is 17.6 Å². The lowest BCUT2D eigenvalue weighted by Crippen LogP contribution is -2.16. The van der Waals surface area contributed by atoms with Crippen molar-refractivity contribution in [1.29, 1.82) is 0 Å². The van der Waals surface area contributed by atoms with Gasteiger partial charge < -0.3 is 0 Å². The van der Waals surface area contributed by atoms with E-state index in [4.69, 9.17) is 0 Å². The molecule has 1 aromatic carbocycles. The smallest absolute Gasteiger partial charge is 0.145 e. The quantitative estimate of drug-likeness (QED) is 0.351. The Labute approximate surface area is 135 Å². The average molecular weight is 298 g/mol. The third-order valence-corrected chi connectivity index (χ3v) is 5.28. The molecule has 0 atom stereocenters. The van der Waals surface area contributed by atoms with E-state index in [1.807, 2.05) is 0 Å². The van der Waals surface area contributed by atoms with E-state index in [0.717, 1.165) is 24.2 Å². The highest BCUT2D eigenvalue weighted by molar-refractivity contribution is 5.72. The number of hydrogen-bond acceptors (Lipinski definition) is 1. The number of allylic oxidation sites excluding steroid dienone is 1. The molecule has 0 spiro atoms. The monoisotopic (exact) mass is 298 g/mol. The zero-order chi connectivity index (χ0) is 15.8. The van der Waals surface area contributed by atoms with Gasteiger partial charge in [0.05, 0.1) is 0 Å². The summed E-state index contributed by atoms with van der Waals surface area (Å²) in [6.45, 7) is 6.08. The molecule has 1 heteroatoms. The Morgan fingerprint density at radius 1 is 1.09 bits per heavy atom. The zero-order valence-corrected chi connectivity index (χ0v) is 14.0. The normalized spacial score (nSPS) is 21.5. The molecule has 1 saturated carbocycles. The highest BCUT2D eigenvalue weighted by Crippen LogP contribution is 2.34. The van der Waals surface area contributed by atoms with Gasteiger partial charge in [-0.25, -0.2) is 0 Å². The van der Waals surface area contributed by atoms with Gasteiger partial charge in [0.15, 0.2) is 0 Å². The molecule has 1 aliphatic carbocycles. The van der Waals surface area contributed by atoms with Crippen LogP contribution in [0, 0.1) is 11.8 Å². The standard InChI is InChI=1S/C21H30O/c1-3-18-8-10-19(11-9-18)6-4-5-7-20-12-14-21(15-13-20)17(2)16-22/h8-11,16,20-21H,2-7,12-15H2,1H3. The highest BCUT2D eigenvalue weighted by atomic mass is 16.1. The van der Waals surface area contributed by atoms with Crippen molar-refractivity contribution >= 4 is 6.29 Å². The Hall–Kier alpha value is -1.37. The summed E-state index contributed by atoms with van der Waals surface area (Å²) in [4.78, 5) is 10.8. The number of benzene rings is 1. The summed E-state index contributed by atoms with van der Waals surface area (Å²) in [6, 6.07) is 9.09. The van der Waals surface area contributed by atoms with Crippen LogP contribution in [0.3, 0.4) is 0 Å². The minimum atomic E-state index is 0.464. The molecule has 2 rings (SSSR count). The molecular weight excluding hydrogens is 268 g/mol. The van der Waals surface area contributed by atoms with Gasteiger partial charge in [0.2, 0.25) is 0 Å². The molecule has 0 radical (unpaired) electrons. The largest absolute Gasteiger partial charge is 0.298 e. The van der Waals surface area contributed by atoms with Crippen LogP contribution < -0.4 is 0 Å². The fourth-order valence-electron chi connectivity index (χ4n) is 3.62. The van der Waals surface area contributed by atoms with E-state index in [-0.39, 0.29) is 0 Å². The summed E-state index contributed by atoms with van der Waals surface area (Å²) in [5.41, 5.74) is 3.72. The molecule has 0 bridgehead atoms. The van der Waals surface area contributed by atoms with Crippen LogP contribution in [-0.4, -0.2) is 6.29 Å². The van der Waals surface area contributed by atoms with E-state index in [1.165, 1.54) is 62.5 Å². The Morgan fingerprint density at radius 3 is 2.32 bits per heavy atom. The van der Waals surface area contributed by atoms with Crippen molar-refractivity contribution in [2.75, 3.05) is 0 Å². The van der Waals surface area contributed by atoms with E-state index >= 15 is 0 Å². The fourth-order valence-corrected chi connectivity index (χ4v) is 3.62. The predicted octanol–water partition coefficient (Wildman–Crippen LogP) is 5.52. The van der Waals surface area contributed by atoms with Crippen LogP contribution in [0.25, 0.3) is 0 Å². The van der Waals surface area contributed by atoms with Crippen LogP contribution in [0.2, 0.25) is 0 Å². The van der Waals surface area contributed by atoms with E-state index in [1.54, 1.807) is 0 Å². The molecule has 1 fully saturated rings. The maximum atomic E-state index is 10.8. The fraction of sp³-hybridized carbons (Fsp3) is 0.571. The first-order chi connectivity index (χ1) is 10.7. The molecule has 0 unspecified atom stereocenters. The third kappa shape index (κ3) is 5.12. The van der Waals surface area contributed by atoms with Crippen molar-refractivity contribution in [3.05, 3.63) is 47.5 Å². The van der Waals surface area contributed by atoms with Crippen molar-refractivity contribution in [1.82, 2.24) is 0 Å². The van der Waals surface area contributed by atoms with Crippen molar-refractivity contribution in [3.63, 3.8) is 0 Å². The second kappa shape index (κ2) is 8.92. The van der Waals surface area contributed by atoms with Crippen molar-refractivity contribution in [3.8, 4) is 0 Å². The van der Waals surface area contributed by atoms with E-state index < -0.39 is 0 Å². The molecule has 1 nitrogen and oxygen atoms in total. The summed E-state index contributed by atoms with van der Waals surface area (Å²) >= 11 is 0. The van der Waals surface area contributed by atoms with Gasteiger partial charge in [-0.05, 0) is 73.5 Å². The van der Waals surface area contributed by atoms with E-state index in [0.29, 0.717) is 5.92 Å². The molecule has 0 saturated heterocycles. The average Bonchev–Trinajstić information content (AvgIpc) is 2.59. The van der Waals surface area contributed by atoms with Gasteiger partial charge in [-0.3, -0.25) is 4.79 Å². The van der Waals surface area contributed by atoms with Gasteiger partial charge in [-0.15, -0.1) is 0 Å². The highest BCUT2D eigenvalue weighted by Gasteiger charge is 2.22. The summed E-state index contributed by atoms with van der Waals surface area (Å²) < 4.78 is 0. The first-order valence-corrected chi connectivity index (χ1v) is 8.94. The number of hydrogen-bond donors (Lipinski definition) is 0. The lowest BCUT2D eigenvalue weighted by Gasteiger charge is -2.28. The van der Waals surface area contributed by atoms with Crippen LogP contribution in [0.1, 0.15) is 63.0 Å². The molecule has 0 N–H and O–H groups in total. The Balaban J connectivity index is 1.61. The summed E-state index contributed by atoms with van der Waals surface area (Å²) in [5.74, 6) is 1.34. The number of aldehydes is 1. The number of unbranched alkanes of at least 4 members (excludes halogenated alkanes) is 1. The lowest BCUT2D eigenvalue weighted by atomic mass is 9.77. The summed E-state index contributed by atoms with van der Waals surface area (Å²) in [7, 11) is 0. The number of aryl methyl sites for hydroxylation is 2. The molecule has 120 valence electrons. The number of carbonyl (C=O) groups is 1. The van der Waals surface area contributed by atoms with Gasteiger partial charge in [0, 0.05) is 0 Å². The van der Waals surface area contributed by atoms with Crippen LogP contribution in [0.15, 0.2) is 36.4 Å². The van der Waals surface area contributed by atoms with Crippen LogP contribution >= 0.6 is 0 Å². The molecule has 22 heavy (non-hydrogen) atoms. The number of carbonyl (C=O) groups excluding carboxylic acids is 1. The molecule has 0 amide bonds. The SMILES string of the molecule is C=C(C=O)C1CCC(CCCCc2ccc(CC)cc2)CC1. The third-order valence-electron chi connectivity index (χ3n) is 5.28. The van der Waals surface area contributed by atoms with Crippen molar-refractivity contribution < 1.29 is 4.79 Å². The number of rotatable bonds is 8. The molecule has 1 aliphatic rings. The van der Waals surface area contributed by atoms with Crippen LogP contribution in [0.5, 0.6) is 0 Å². The zero-order valence-electron chi connectivity index (χ0n) is 14.0. The maximum absolute atomic E-state index is 10.8. The second-order valence-corrected chi connectivity index (χ2v) is 6.83. The van der Waals surface area contributed by atoms with Gasteiger partial charge in [0.25, 0.3) is 0 Å². The molecular formula is C21H30O. The summed E-state index contributed by atoms with van der Waals surface area (Å²) in [6.07, 6.45) is 12.2. The van der Waals surface area contributed by atoms with E-state index in [9.17, 15) is 4.79 Å². The first kappa shape index (κ1) is 17.0. The van der Waals surface area contributed by atoms with Crippen molar-refractivity contribution in [2.24, 2.45) is 11.8 Å². The maximum Gasteiger partial charge on any atom is 0.145 e. The topological polar surface area (TPSA) is 17.1 Å². The second-order valence-electron chi connectivity index (χ2n) is 6.83. The van der Waals surface area contributed by atoms with Crippen LogP contribution in [0.4, 0.5) is 0 Å². The van der Waals surface area contributed by atoms with Gasteiger partial charge >= 0.3 is 0 Å². The van der Waals surface area contributed by atoms with Gasteiger partial charge in [0.1, 0.15) is 6.29 Å². The Kier molecular flexibility index (Phi) is 6.89. The molecule has 0 aliphatic heterocycles. The Bertz CT molecular complexity index is 463. The molecule has 0 aromatic heterocycles. The predicted molar refractivity (Wildman–Crippen MR) is 94.0 cm³/mol.